The third kappa shape index (κ3) is 8.25. The Kier molecular flexibility index (Phi) is 9.58. The molecule has 0 aliphatic heterocycles. The van der Waals surface area contributed by atoms with Gasteiger partial charge in [0.05, 0.1) is 0 Å². The van der Waals surface area contributed by atoms with Gasteiger partial charge < -0.3 is 15.1 Å². The van der Waals surface area contributed by atoms with Crippen molar-refractivity contribution in [1.29, 1.82) is 0 Å². The molecule has 0 aliphatic rings. The van der Waals surface area contributed by atoms with E-state index < -0.39 is 23.8 Å². The summed E-state index contributed by atoms with van der Waals surface area (Å²) >= 11 is 0. The van der Waals surface area contributed by atoms with Crippen molar-refractivity contribution >= 4 is 17.7 Å². The van der Waals surface area contributed by atoms with Crippen LogP contribution >= 0.6 is 0 Å². The molecule has 0 fully saturated rings. The van der Waals surface area contributed by atoms with Crippen molar-refractivity contribution in [2.75, 3.05) is 27.7 Å². The van der Waals surface area contributed by atoms with Crippen LogP contribution in [-0.2, 0) is 16.1 Å². The van der Waals surface area contributed by atoms with Crippen LogP contribution in [0.3, 0.4) is 0 Å². The maximum atomic E-state index is 12.7. The molecule has 8 nitrogen and oxygen atoms in total. The van der Waals surface area contributed by atoms with E-state index in [-0.39, 0.29) is 11.0 Å². The predicted octanol–water partition coefficient (Wildman–Crippen LogP) is 2.26. The van der Waals surface area contributed by atoms with Crippen LogP contribution in [0.4, 0.5) is 0 Å². The van der Waals surface area contributed by atoms with E-state index in [9.17, 15) is 14.4 Å². The number of hydroxylamine groups is 1. The van der Waals surface area contributed by atoms with Gasteiger partial charge in [-0.1, -0.05) is 44.7 Å². The van der Waals surface area contributed by atoms with E-state index in [1.165, 1.54) is 25.1 Å². The van der Waals surface area contributed by atoms with Gasteiger partial charge in [-0.15, -0.1) is 0 Å². The minimum atomic E-state index is -1.51. The van der Waals surface area contributed by atoms with Crippen LogP contribution in [-0.4, -0.2) is 66.5 Å². The summed E-state index contributed by atoms with van der Waals surface area (Å²) in [6, 6.07) is 13.2. The van der Waals surface area contributed by atoms with Gasteiger partial charge in [0.2, 0.25) is 0 Å². The molecule has 8 heteroatoms. The lowest BCUT2D eigenvalue weighted by Gasteiger charge is -2.26. The Hall–Kier alpha value is -3.67. The van der Waals surface area contributed by atoms with Gasteiger partial charge in [-0.25, -0.2) is 5.48 Å². The van der Waals surface area contributed by atoms with Crippen LogP contribution in [0.1, 0.15) is 47.8 Å². The second kappa shape index (κ2) is 12.2. The fourth-order valence-electron chi connectivity index (χ4n) is 3.70. The zero-order valence-electron chi connectivity index (χ0n) is 21.2. The first kappa shape index (κ1) is 27.6. The molecule has 0 spiro atoms. The quantitative estimate of drug-likeness (QED) is 0.245. The van der Waals surface area contributed by atoms with E-state index in [4.69, 9.17) is 5.21 Å². The van der Waals surface area contributed by atoms with Gasteiger partial charge in [-0.05, 0) is 54.4 Å². The molecule has 0 saturated heterocycles. The number of rotatable bonds is 7. The molecule has 0 saturated carbocycles. The number of carbonyl (C=O) groups excluding carboxylic acids is 3. The topological polar surface area (TPSA) is 102 Å². The summed E-state index contributed by atoms with van der Waals surface area (Å²) in [6.07, 6.45) is 0. The molecular weight excluding hydrogens is 444 g/mol. The smallest absolute Gasteiger partial charge is 0.275 e. The SMILES string of the molecule is CNC(=O)C(C(=O)NO)N(C)C(=O)c1ccc(C#Cc2ccc(CN(C)CC(C)(C)C)cc2)cc1. The minimum Gasteiger partial charge on any atom is -0.357 e. The Bertz CT molecular complexity index is 1080. The molecule has 3 N–H and O–H groups in total. The third-order valence-electron chi connectivity index (χ3n) is 5.19. The molecule has 1 atom stereocenters. The first-order chi connectivity index (χ1) is 16.4. The van der Waals surface area contributed by atoms with Gasteiger partial charge in [-0.3, -0.25) is 19.6 Å². The van der Waals surface area contributed by atoms with Gasteiger partial charge in [0.25, 0.3) is 17.7 Å². The molecule has 0 aliphatic carbocycles. The Morgan fingerprint density at radius 3 is 1.89 bits per heavy atom. The van der Waals surface area contributed by atoms with Gasteiger partial charge in [0, 0.05) is 43.9 Å². The molecule has 2 aromatic rings. The van der Waals surface area contributed by atoms with E-state index >= 15 is 0 Å². The van der Waals surface area contributed by atoms with E-state index in [1.807, 2.05) is 12.1 Å². The summed E-state index contributed by atoms with van der Waals surface area (Å²) in [4.78, 5) is 39.9. The standard InChI is InChI=1S/C27H34N4O4/c1-27(2,3)18-30(5)17-21-11-9-19(10-12-21)7-8-20-13-15-22(16-14-20)26(34)31(6)23(24(32)28-4)25(33)29-35/h9-16,23,35H,17-18H2,1-6H3,(H,28,32)(H,29,33). The lowest BCUT2D eigenvalue weighted by Crippen LogP contribution is -2.54. The fraction of sp³-hybridized carbons (Fsp3) is 0.370. The predicted molar refractivity (Wildman–Crippen MR) is 135 cm³/mol. The lowest BCUT2D eigenvalue weighted by molar-refractivity contribution is -0.140. The number of amides is 3. The van der Waals surface area contributed by atoms with E-state index in [2.05, 4.69) is 62.0 Å². The minimum absolute atomic E-state index is 0.246. The van der Waals surface area contributed by atoms with Crippen molar-refractivity contribution in [2.45, 2.75) is 33.4 Å². The fourth-order valence-corrected chi connectivity index (χ4v) is 3.70. The maximum Gasteiger partial charge on any atom is 0.275 e. The molecule has 2 rings (SSSR count). The number of benzene rings is 2. The van der Waals surface area contributed by atoms with Crippen LogP contribution in [0.25, 0.3) is 0 Å². The van der Waals surface area contributed by atoms with Crippen LogP contribution in [0, 0.1) is 17.3 Å². The monoisotopic (exact) mass is 478 g/mol. The number of hydrogen-bond donors (Lipinski definition) is 3. The van der Waals surface area contributed by atoms with Gasteiger partial charge >= 0.3 is 0 Å². The van der Waals surface area contributed by atoms with Crippen molar-refractivity contribution < 1.29 is 19.6 Å². The number of likely N-dealkylation sites (N-methyl/N-ethyl adjacent to an activating group) is 2. The first-order valence-corrected chi connectivity index (χ1v) is 11.3. The Balaban J connectivity index is 2.07. The average molecular weight is 479 g/mol. The van der Waals surface area contributed by atoms with Crippen molar-refractivity contribution in [3.63, 3.8) is 0 Å². The molecule has 2 aromatic carbocycles. The number of nitrogens with zero attached hydrogens (tertiary/aromatic N) is 2. The Morgan fingerprint density at radius 1 is 0.914 bits per heavy atom. The second-order valence-corrected chi connectivity index (χ2v) is 9.67. The largest absolute Gasteiger partial charge is 0.357 e. The summed E-state index contributed by atoms with van der Waals surface area (Å²) < 4.78 is 0. The number of carbonyl (C=O) groups is 3. The number of nitrogens with one attached hydrogen (secondary N) is 2. The molecule has 35 heavy (non-hydrogen) atoms. The van der Waals surface area contributed by atoms with Crippen molar-refractivity contribution in [2.24, 2.45) is 5.41 Å². The second-order valence-electron chi connectivity index (χ2n) is 9.67. The van der Waals surface area contributed by atoms with E-state index in [0.717, 1.165) is 23.6 Å². The van der Waals surface area contributed by atoms with Crippen molar-refractivity contribution in [3.8, 4) is 11.8 Å². The summed E-state index contributed by atoms with van der Waals surface area (Å²) in [5.41, 5.74) is 4.76. The number of hydrogen-bond acceptors (Lipinski definition) is 5. The molecule has 186 valence electrons. The molecule has 0 radical (unpaired) electrons. The van der Waals surface area contributed by atoms with Crippen molar-refractivity contribution in [1.82, 2.24) is 20.6 Å². The lowest BCUT2D eigenvalue weighted by atomic mass is 9.96. The van der Waals surface area contributed by atoms with Gasteiger partial charge in [-0.2, -0.15) is 0 Å². The van der Waals surface area contributed by atoms with Crippen molar-refractivity contribution in [3.05, 3.63) is 70.8 Å². The highest BCUT2D eigenvalue weighted by molar-refractivity contribution is 6.08. The molecule has 0 aromatic heterocycles. The Labute approximate surface area is 207 Å². The molecule has 0 heterocycles. The summed E-state index contributed by atoms with van der Waals surface area (Å²) in [6.45, 7) is 8.54. The highest BCUT2D eigenvalue weighted by atomic mass is 16.5. The zero-order chi connectivity index (χ0) is 26.2. The molecule has 1 unspecified atom stereocenters. The van der Waals surface area contributed by atoms with Crippen LogP contribution in [0.2, 0.25) is 0 Å². The van der Waals surface area contributed by atoms with Crippen LogP contribution in [0.5, 0.6) is 0 Å². The first-order valence-electron chi connectivity index (χ1n) is 11.3. The average Bonchev–Trinajstić information content (AvgIpc) is 2.82. The van der Waals surface area contributed by atoms with Gasteiger partial charge in [0.1, 0.15) is 0 Å². The maximum absolute atomic E-state index is 12.7. The molecular formula is C27H34N4O4. The highest BCUT2D eigenvalue weighted by Gasteiger charge is 2.33. The highest BCUT2D eigenvalue weighted by Crippen LogP contribution is 2.16. The third-order valence-corrected chi connectivity index (χ3v) is 5.19. The van der Waals surface area contributed by atoms with Gasteiger partial charge in [0.15, 0.2) is 6.04 Å². The normalized spacial score (nSPS) is 11.8. The summed E-state index contributed by atoms with van der Waals surface area (Å²) in [5, 5.41) is 11.2. The van der Waals surface area contributed by atoms with Crippen LogP contribution < -0.4 is 10.8 Å². The summed E-state index contributed by atoms with van der Waals surface area (Å²) in [5.74, 6) is 3.93. The summed E-state index contributed by atoms with van der Waals surface area (Å²) in [7, 11) is 4.77. The zero-order valence-corrected chi connectivity index (χ0v) is 21.2. The Morgan fingerprint density at radius 2 is 1.43 bits per heavy atom. The van der Waals surface area contributed by atoms with E-state index in [1.54, 1.807) is 24.3 Å². The molecule has 3 amide bonds. The molecule has 0 bridgehead atoms. The van der Waals surface area contributed by atoms with Crippen LogP contribution in [0.15, 0.2) is 48.5 Å². The van der Waals surface area contributed by atoms with E-state index in [0.29, 0.717) is 5.56 Å².